The van der Waals surface area contributed by atoms with E-state index in [1.54, 1.807) is 0 Å². The van der Waals surface area contributed by atoms with Crippen LogP contribution >= 0.6 is 0 Å². The first-order valence-corrected chi connectivity index (χ1v) is 7.16. The Kier molecular flexibility index (Phi) is 7.73. The van der Waals surface area contributed by atoms with E-state index in [2.05, 4.69) is 4.72 Å². The Morgan fingerprint density at radius 3 is 2.24 bits per heavy atom. The second-order valence-electron chi connectivity index (χ2n) is 3.78. The molecule has 3 N–H and O–H groups in total. The third-order valence-electron chi connectivity index (χ3n) is 2.08. The number of nitrogens with one attached hydrogen (secondary N) is 1. The molecule has 0 aromatic rings. The van der Waals surface area contributed by atoms with Gasteiger partial charge < -0.3 is 5.73 Å². The monoisotopic (exact) mass is 276 g/mol. The van der Waals surface area contributed by atoms with Crippen LogP contribution in [0.3, 0.4) is 0 Å². The lowest BCUT2D eigenvalue weighted by Gasteiger charge is -2.08. The highest BCUT2D eigenvalue weighted by molar-refractivity contribution is 7.89. The van der Waals surface area contributed by atoms with Gasteiger partial charge in [0.2, 0.25) is 10.0 Å². The van der Waals surface area contributed by atoms with Gasteiger partial charge in [-0.3, -0.25) is 0 Å². The largest absolute Gasteiger partial charge is 0.389 e. The topological polar surface area (TPSA) is 72.2 Å². The first-order valence-electron chi connectivity index (χ1n) is 5.51. The average molecular weight is 276 g/mol. The van der Waals surface area contributed by atoms with Crippen molar-refractivity contribution in [2.24, 2.45) is 5.73 Å². The van der Waals surface area contributed by atoms with E-state index in [9.17, 15) is 21.6 Å². The van der Waals surface area contributed by atoms with Gasteiger partial charge in [0.1, 0.15) is 0 Å². The first-order chi connectivity index (χ1) is 7.77. The van der Waals surface area contributed by atoms with Crippen LogP contribution < -0.4 is 10.5 Å². The fraction of sp³-hybridized carbons (Fsp3) is 1.00. The van der Waals surface area contributed by atoms with Gasteiger partial charge in [-0.2, -0.15) is 13.2 Å². The van der Waals surface area contributed by atoms with Gasteiger partial charge in [0, 0.05) is 13.0 Å². The summed E-state index contributed by atoms with van der Waals surface area (Å²) >= 11 is 0. The first kappa shape index (κ1) is 16.7. The maximum Gasteiger partial charge on any atom is 0.389 e. The van der Waals surface area contributed by atoms with Crippen LogP contribution in [0.5, 0.6) is 0 Å². The van der Waals surface area contributed by atoms with Gasteiger partial charge in [-0.1, -0.05) is 6.42 Å². The summed E-state index contributed by atoms with van der Waals surface area (Å²) in [5.74, 6) is -0.483. The smallest absolute Gasteiger partial charge is 0.330 e. The predicted molar refractivity (Wildman–Crippen MR) is 60.0 cm³/mol. The van der Waals surface area contributed by atoms with Crippen molar-refractivity contribution >= 4 is 10.0 Å². The second-order valence-corrected chi connectivity index (χ2v) is 5.71. The van der Waals surface area contributed by atoms with Gasteiger partial charge in [0.25, 0.3) is 0 Å². The number of alkyl halides is 3. The van der Waals surface area contributed by atoms with Gasteiger partial charge in [-0.25, -0.2) is 13.1 Å². The molecular formula is C9H19F3N2O2S. The van der Waals surface area contributed by atoms with Crippen molar-refractivity contribution in [2.75, 3.05) is 18.8 Å². The van der Waals surface area contributed by atoms with E-state index in [1.807, 2.05) is 0 Å². The predicted octanol–water partition coefficient (Wildman–Crippen LogP) is 1.38. The molecule has 0 fully saturated rings. The summed E-state index contributed by atoms with van der Waals surface area (Å²) in [5.41, 5.74) is 5.26. The third-order valence-corrected chi connectivity index (χ3v) is 3.55. The molecule has 4 nitrogen and oxygen atoms in total. The molecule has 0 radical (unpaired) electrons. The highest BCUT2D eigenvalue weighted by Gasteiger charge is 2.27. The molecule has 0 unspecified atom stereocenters. The van der Waals surface area contributed by atoms with Crippen LogP contribution in [0.25, 0.3) is 0 Å². The molecule has 0 aliphatic carbocycles. The van der Waals surface area contributed by atoms with Crippen molar-refractivity contribution in [2.45, 2.75) is 38.3 Å². The zero-order valence-electron chi connectivity index (χ0n) is 9.59. The molecule has 0 bridgehead atoms. The number of hydrogen-bond donors (Lipinski definition) is 2. The number of halogens is 3. The van der Waals surface area contributed by atoms with E-state index in [0.717, 1.165) is 12.8 Å². The van der Waals surface area contributed by atoms with Gasteiger partial charge >= 0.3 is 6.18 Å². The van der Waals surface area contributed by atoms with E-state index in [4.69, 9.17) is 5.73 Å². The number of nitrogens with two attached hydrogens (primary N) is 1. The SMILES string of the molecule is NCCCCCNS(=O)(=O)CCCC(F)(F)F. The van der Waals surface area contributed by atoms with Crippen LogP contribution in [0.2, 0.25) is 0 Å². The normalized spacial score (nSPS) is 12.9. The lowest BCUT2D eigenvalue weighted by Crippen LogP contribution is -2.28. The lowest BCUT2D eigenvalue weighted by molar-refractivity contribution is -0.134. The summed E-state index contributed by atoms with van der Waals surface area (Å²) < 4.78 is 60.1. The van der Waals surface area contributed by atoms with Crippen LogP contribution in [0.1, 0.15) is 32.1 Å². The van der Waals surface area contributed by atoms with Crippen LogP contribution in [0, 0.1) is 0 Å². The Hall–Kier alpha value is -0.340. The van der Waals surface area contributed by atoms with E-state index in [-0.39, 0.29) is 6.54 Å². The van der Waals surface area contributed by atoms with Crippen molar-refractivity contribution in [1.82, 2.24) is 4.72 Å². The second kappa shape index (κ2) is 7.88. The number of sulfonamides is 1. The van der Waals surface area contributed by atoms with E-state index in [1.165, 1.54) is 0 Å². The van der Waals surface area contributed by atoms with Crippen molar-refractivity contribution < 1.29 is 21.6 Å². The zero-order chi connectivity index (χ0) is 13.4. The van der Waals surface area contributed by atoms with Crippen LogP contribution in [-0.2, 0) is 10.0 Å². The quantitative estimate of drug-likeness (QED) is 0.625. The van der Waals surface area contributed by atoms with E-state index < -0.39 is 34.8 Å². The minimum atomic E-state index is -4.29. The Balaban J connectivity index is 3.67. The molecule has 0 rings (SSSR count). The molecule has 0 aliphatic heterocycles. The zero-order valence-corrected chi connectivity index (χ0v) is 10.4. The van der Waals surface area contributed by atoms with Crippen LogP contribution in [0.15, 0.2) is 0 Å². The van der Waals surface area contributed by atoms with Crippen molar-refractivity contribution in [3.05, 3.63) is 0 Å². The molecule has 17 heavy (non-hydrogen) atoms. The lowest BCUT2D eigenvalue weighted by atomic mass is 10.2. The maximum absolute atomic E-state index is 11.8. The van der Waals surface area contributed by atoms with Crippen molar-refractivity contribution in [3.8, 4) is 0 Å². The van der Waals surface area contributed by atoms with Gasteiger partial charge in [0.05, 0.1) is 5.75 Å². The van der Waals surface area contributed by atoms with Gasteiger partial charge in [0.15, 0.2) is 0 Å². The molecule has 0 aromatic carbocycles. The molecular weight excluding hydrogens is 257 g/mol. The fourth-order valence-corrected chi connectivity index (χ4v) is 2.33. The van der Waals surface area contributed by atoms with Crippen LogP contribution in [0.4, 0.5) is 13.2 Å². The molecule has 0 aromatic heterocycles. The number of hydrogen-bond acceptors (Lipinski definition) is 3. The summed E-state index contributed by atoms with van der Waals surface area (Å²) in [6.45, 7) is 0.812. The standard InChI is InChI=1S/C9H19F3N2O2S/c10-9(11,12)5-4-8-17(15,16)14-7-3-1-2-6-13/h14H,1-8,13H2. The fourth-order valence-electron chi connectivity index (χ4n) is 1.21. The Bertz CT molecular complexity index is 291. The van der Waals surface area contributed by atoms with Gasteiger partial charge in [-0.15, -0.1) is 0 Å². The Morgan fingerprint density at radius 2 is 1.71 bits per heavy atom. The summed E-state index contributed by atoms with van der Waals surface area (Å²) in [6, 6.07) is 0. The van der Waals surface area contributed by atoms with Crippen molar-refractivity contribution in [1.29, 1.82) is 0 Å². The summed E-state index contributed by atoms with van der Waals surface area (Å²) in [6.07, 6.45) is -3.49. The summed E-state index contributed by atoms with van der Waals surface area (Å²) in [5, 5.41) is 0. The Labute approximate surface area is 99.8 Å². The minimum Gasteiger partial charge on any atom is -0.330 e. The molecule has 8 heteroatoms. The number of rotatable bonds is 9. The summed E-state index contributed by atoms with van der Waals surface area (Å²) in [7, 11) is -3.57. The molecule has 0 aliphatic rings. The highest BCUT2D eigenvalue weighted by Crippen LogP contribution is 2.21. The molecule has 0 atom stereocenters. The van der Waals surface area contributed by atoms with E-state index in [0.29, 0.717) is 13.0 Å². The van der Waals surface area contributed by atoms with Crippen LogP contribution in [-0.4, -0.2) is 33.4 Å². The molecule has 0 heterocycles. The molecule has 104 valence electrons. The third kappa shape index (κ3) is 11.9. The molecule has 0 spiro atoms. The van der Waals surface area contributed by atoms with E-state index >= 15 is 0 Å². The van der Waals surface area contributed by atoms with Gasteiger partial charge in [-0.05, 0) is 25.8 Å². The summed E-state index contributed by atoms with van der Waals surface area (Å²) in [4.78, 5) is 0. The number of unbranched alkanes of at least 4 members (excludes halogenated alkanes) is 2. The molecule has 0 saturated heterocycles. The highest BCUT2D eigenvalue weighted by atomic mass is 32.2. The maximum atomic E-state index is 11.8. The average Bonchev–Trinajstić information content (AvgIpc) is 2.14. The van der Waals surface area contributed by atoms with Crippen molar-refractivity contribution in [3.63, 3.8) is 0 Å². The molecule has 0 saturated carbocycles. The Morgan fingerprint density at radius 1 is 1.06 bits per heavy atom. The minimum absolute atomic E-state index is 0.258. The molecule has 0 amide bonds.